The minimum atomic E-state index is -0.441. The number of anilines is 1. The summed E-state index contributed by atoms with van der Waals surface area (Å²) in [7, 11) is 0. The third kappa shape index (κ3) is 3.36. The quantitative estimate of drug-likeness (QED) is 0.490. The van der Waals surface area contributed by atoms with E-state index in [1.807, 2.05) is 48.5 Å². The Morgan fingerprint density at radius 3 is 2.54 bits per heavy atom. The topological polar surface area (TPSA) is 72.1 Å². The van der Waals surface area contributed by atoms with Crippen molar-refractivity contribution in [1.82, 2.24) is 15.2 Å². The predicted octanol–water partition coefficient (Wildman–Crippen LogP) is 4.16. The maximum Gasteiger partial charge on any atom is 0.345 e. The monoisotopic (exact) mass is 372 g/mol. The van der Waals surface area contributed by atoms with E-state index in [-0.39, 0.29) is 0 Å². The molecule has 28 heavy (non-hydrogen) atoms. The summed E-state index contributed by atoms with van der Waals surface area (Å²) in [5, 5.41) is 8.93. The van der Waals surface area contributed by atoms with Gasteiger partial charge in [0.2, 0.25) is 0 Å². The molecule has 2 heterocycles. The molecule has 0 bridgehead atoms. The molecule has 0 aliphatic heterocycles. The second kappa shape index (κ2) is 7.60. The third-order valence-electron chi connectivity index (χ3n) is 4.71. The van der Waals surface area contributed by atoms with Crippen molar-refractivity contribution in [1.29, 1.82) is 0 Å². The molecule has 0 amide bonds. The van der Waals surface area contributed by atoms with Gasteiger partial charge in [0.05, 0.1) is 11.8 Å². The Kier molecular flexibility index (Phi) is 4.85. The van der Waals surface area contributed by atoms with Crippen LogP contribution in [-0.4, -0.2) is 28.3 Å². The van der Waals surface area contributed by atoms with Crippen LogP contribution in [-0.2, 0) is 0 Å². The molecule has 140 valence electrons. The lowest BCUT2D eigenvalue weighted by Gasteiger charge is -2.21. The molecule has 2 aromatic carbocycles. The summed E-state index contributed by atoms with van der Waals surface area (Å²) in [6.45, 7) is 5.97. The highest BCUT2D eigenvalue weighted by atomic mass is 16.4. The van der Waals surface area contributed by atoms with E-state index in [9.17, 15) is 4.79 Å². The fourth-order valence-corrected chi connectivity index (χ4v) is 3.21. The molecule has 2 aromatic heterocycles. The van der Waals surface area contributed by atoms with Crippen molar-refractivity contribution in [2.75, 3.05) is 18.0 Å². The van der Waals surface area contributed by atoms with Crippen LogP contribution in [0.1, 0.15) is 13.8 Å². The number of nitrogens with zero attached hydrogens (tertiary/aromatic N) is 4. The molecule has 6 nitrogen and oxygen atoms in total. The van der Waals surface area contributed by atoms with Gasteiger partial charge < -0.3 is 9.32 Å². The van der Waals surface area contributed by atoms with Crippen LogP contribution in [0.3, 0.4) is 0 Å². The number of benzene rings is 2. The Balaban J connectivity index is 1.79. The molecule has 0 N–H and O–H groups in total. The lowest BCUT2D eigenvalue weighted by molar-refractivity contribution is 0.563. The van der Waals surface area contributed by atoms with Gasteiger partial charge in [-0.25, -0.2) is 9.78 Å². The molecular weight excluding hydrogens is 352 g/mol. The van der Waals surface area contributed by atoms with Gasteiger partial charge >= 0.3 is 5.63 Å². The zero-order valence-electron chi connectivity index (χ0n) is 15.8. The van der Waals surface area contributed by atoms with Gasteiger partial charge in [-0.2, -0.15) is 5.10 Å². The first-order valence-electron chi connectivity index (χ1n) is 9.28. The molecule has 4 rings (SSSR count). The Hall–Kier alpha value is -3.54. The molecule has 0 radical (unpaired) electrons. The van der Waals surface area contributed by atoms with Crippen molar-refractivity contribution in [3.63, 3.8) is 0 Å². The van der Waals surface area contributed by atoms with E-state index < -0.39 is 5.63 Å². The summed E-state index contributed by atoms with van der Waals surface area (Å²) in [6, 6.07) is 17.2. The fourth-order valence-electron chi connectivity index (χ4n) is 3.21. The fraction of sp³-hybridized carbons (Fsp3) is 0.182. The van der Waals surface area contributed by atoms with E-state index in [0.717, 1.165) is 29.7 Å². The van der Waals surface area contributed by atoms with Gasteiger partial charge in [0.25, 0.3) is 0 Å². The van der Waals surface area contributed by atoms with Crippen molar-refractivity contribution in [2.45, 2.75) is 13.8 Å². The smallest absolute Gasteiger partial charge is 0.345 e. The second-order valence-electron chi connectivity index (χ2n) is 6.37. The van der Waals surface area contributed by atoms with Crippen LogP contribution >= 0.6 is 0 Å². The van der Waals surface area contributed by atoms with E-state index in [2.05, 4.69) is 33.9 Å². The summed E-state index contributed by atoms with van der Waals surface area (Å²) in [5.41, 5.74) is 2.80. The largest absolute Gasteiger partial charge is 0.422 e. The van der Waals surface area contributed by atoms with Crippen LogP contribution in [0.4, 0.5) is 5.69 Å². The van der Waals surface area contributed by atoms with Gasteiger partial charge in [-0.15, -0.1) is 5.10 Å². The predicted molar refractivity (Wildman–Crippen MR) is 110 cm³/mol. The minimum Gasteiger partial charge on any atom is -0.422 e. The second-order valence-corrected chi connectivity index (χ2v) is 6.37. The molecule has 0 saturated heterocycles. The third-order valence-corrected chi connectivity index (χ3v) is 4.71. The van der Waals surface area contributed by atoms with Crippen molar-refractivity contribution >= 4 is 16.7 Å². The molecule has 0 unspecified atom stereocenters. The summed E-state index contributed by atoms with van der Waals surface area (Å²) in [4.78, 5) is 19.3. The van der Waals surface area contributed by atoms with Crippen molar-refractivity contribution in [3.05, 3.63) is 71.2 Å². The Labute approximate surface area is 162 Å². The highest BCUT2D eigenvalue weighted by Gasteiger charge is 2.13. The van der Waals surface area contributed by atoms with Gasteiger partial charge in [-0.05, 0) is 32.0 Å². The van der Waals surface area contributed by atoms with Gasteiger partial charge in [-0.1, -0.05) is 30.3 Å². The first-order valence-corrected chi connectivity index (χ1v) is 9.28. The van der Waals surface area contributed by atoms with Crippen LogP contribution in [0.25, 0.3) is 33.6 Å². The van der Waals surface area contributed by atoms with Crippen LogP contribution in [0.5, 0.6) is 0 Å². The zero-order chi connectivity index (χ0) is 19.5. The average Bonchev–Trinajstić information content (AvgIpc) is 2.75. The summed E-state index contributed by atoms with van der Waals surface area (Å²) >= 11 is 0. The summed E-state index contributed by atoms with van der Waals surface area (Å²) in [6.07, 6.45) is 1.48. The van der Waals surface area contributed by atoms with Crippen LogP contribution in [0.15, 0.2) is 70.0 Å². The van der Waals surface area contributed by atoms with Gasteiger partial charge in [-0.3, -0.25) is 0 Å². The van der Waals surface area contributed by atoms with Crippen LogP contribution in [0.2, 0.25) is 0 Å². The SMILES string of the molecule is CCN(CC)c1ccc2cc(-c3cnnc(-c4ccccc4)n3)c(=O)oc2c1. The van der Waals surface area contributed by atoms with Gasteiger partial charge in [0.1, 0.15) is 11.3 Å². The van der Waals surface area contributed by atoms with E-state index in [4.69, 9.17) is 4.42 Å². The van der Waals surface area contributed by atoms with Gasteiger partial charge in [0, 0.05) is 35.8 Å². The molecule has 0 aliphatic rings. The standard InChI is InChI=1S/C22H20N4O2/c1-3-26(4-2)17-11-10-16-12-18(22(27)28-20(16)13-17)19-14-23-25-21(24-19)15-8-6-5-7-9-15/h5-14H,3-4H2,1-2H3. The number of aromatic nitrogens is 3. The highest BCUT2D eigenvalue weighted by molar-refractivity contribution is 5.84. The molecule has 6 heteroatoms. The maximum atomic E-state index is 12.6. The van der Waals surface area contributed by atoms with Crippen LogP contribution < -0.4 is 10.5 Å². The van der Waals surface area contributed by atoms with Crippen LogP contribution in [0, 0.1) is 0 Å². The Morgan fingerprint density at radius 1 is 1.00 bits per heavy atom. The molecular formula is C22H20N4O2. The maximum absolute atomic E-state index is 12.6. The Morgan fingerprint density at radius 2 is 1.79 bits per heavy atom. The number of hydrogen-bond donors (Lipinski definition) is 0. The molecule has 0 saturated carbocycles. The number of fused-ring (bicyclic) bond motifs is 1. The summed E-state index contributed by atoms with van der Waals surface area (Å²) in [5.74, 6) is 0.467. The number of rotatable bonds is 5. The zero-order valence-corrected chi connectivity index (χ0v) is 15.8. The average molecular weight is 372 g/mol. The molecule has 0 atom stereocenters. The van der Waals surface area contributed by atoms with Gasteiger partial charge in [0.15, 0.2) is 5.82 Å². The molecule has 0 aliphatic carbocycles. The lowest BCUT2D eigenvalue weighted by Crippen LogP contribution is -2.21. The first kappa shape index (κ1) is 17.9. The lowest BCUT2D eigenvalue weighted by atomic mass is 10.1. The minimum absolute atomic E-state index is 0.371. The summed E-state index contributed by atoms with van der Waals surface area (Å²) < 4.78 is 5.60. The van der Waals surface area contributed by atoms with Crippen molar-refractivity contribution < 1.29 is 4.42 Å². The highest BCUT2D eigenvalue weighted by Crippen LogP contribution is 2.25. The van der Waals surface area contributed by atoms with E-state index in [1.165, 1.54) is 6.20 Å². The van der Waals surface area contributed by atoms with E-state index in [0.29, 0.717) is 22.7 Å². The van der Waals surface area contributed by atoms with E-state index >= 15 is 0 Å². The molecule has 0 fully saturated rings. The first-order chi connectivity index (χ1) is 13.7. The Bertz CT molecular complexity index is 1170. The molecule has 4 aromatic rings. The van der Waals surface area contributed by atoms with Crippen molar-refractivity contribution in [2.24, 2.45) is 0 Å². The molecule has 0 spiro atoms. The number of hydrogen-bond acceptors (Lipinski definition) is 6. The van der Waals surface area contributed by atoms with E-state index in [1.54, 1.807) is 6.07 Å². The normalized spacial score (nSPS) is 10.9. The van der Waals surface area contributed by atoms with Crippen molar-refractivity contribution in [3.8, 4) is 22.6 Å².